The van der Waals surface area contributed by atoms with Crippen LogP contribution in [0.25, 0.3) is 0 Å². The van der Waals surface area contributed by atoms with Gasteiger partial charge in [-0.2, -0.15) is 0 Å². The molecule has 0 fully saturated rings. The van der Waals surface area contributed by atoms with Crippen molar-refractivity contribution in [2.45, 2.75) is 39.0 Å². The summed E-state index contributed by atoms with van der Waals surface area (Å²) in [6.07, 6.45) is 4.75. The van der Waals surface area contributed by atoms with E-state index in [0.29, 0.717) is 22.5 Å². The summed E-state index contributed by atoms with van der Waals surface area (Å²) in [5, 5.41) is 2.72. The number of carbonyl (C=O) groups is 3. The fourth-order valence-electron chi connectivity index (χ4n) is 2.87. The monoisotopic (exact) mass is 371 g/mol. The summed E-state index contributed by atoms with van der Waals surface area (Å²) >= 11 is 1.47. The van der Waals surface area contributed by atoms with Gasteiger partial charge in [-0.3, -0.25) is 9.59 Å². The Hall–Kier alpha value is -2.47. The number of anilines is 1. The third kappa shape index (κ3) is 4.38. The molecule has 1 aromatic carbocycles. The van der Waals surface area contributed by atoms with Gasteiger partial charge in [0.05, 0.1) is 0 Å². The molecule has 0 saturated carbocycles. The molecule has 1 amide bonds. The van der Waals surface area contributed by atoms with E-state index in [1.807, 2.05) is 6.07 Å². The first kappa shape index (κ1) is 18.3. The average molecular weight is 371 g/mol. The van der Waals surface area contributed by atoms with Crippen LogP contribution in [0.5, 0.6) is 0 Å². The van der Waals surface area contributed by atoms with Crippen molar-refractivity contribution in [2.24, 2.45) is 0 Å². The zero-order valence-electron chi connectivity index (χ0n) is 14.7. The third-order valence-electron chi connectivity index (χ3n) is 4.34. The first-order chi connectivity index (χ1) is 12.6. The summed E-state index contributed by atoms with van der Waals surface area (Å²) in [5.41, 5.74) is 2.32. The summed E-state index contributed by atoms with van der Waals surface area (Å²) in [4.78, 5) is 37.6. The zero-order valence-corrected chi connectivity index (χ0v) is 15.5. The van der Waals surface area contributed by atoms with Crippen molar-refractivity contribution in [3.05, 3.63) is 51.2 Å². The molecule has 1 N–H and O–H groups in total. The lowest BCUT2D eigenvalue weighted by atomic mass is 9.99. The van der Waals surface area contributed by atoms with E-state index < -0.39 is 5.97 Å². The highest BCUT2D eigenvalue weighted by Gasteiger charge is 2.19. The van der Waals surface area contributed by atoms with Crippen LogP contribution in [-0.4, -0.2) is 24.3 Å². The second-order valence-electron chi connectivity index (χ2n) is 6.24. The molecule has 5 nitrogen and oxygen atoms in total. The molecule has 0 atom stereocenters. The number of thiophene rings is 1. The van der Waals surface area contributed by atoms with Crippen LogP contribution in [0.1, 0.15) is 56.7 Å². The van der Waals surface area contributed by atoms with Crippen molar-refractivity contribution in [1.29, 1.82) is 0 Å². The second kappa shape index (κ2) is 8.27. The van der Waals surface area contributed by atoms with E-state index in [0.717, 1.165) is 25.7 Å². The third-order valence-corrected chi connectivity index (χ3v) is 5.56. The van der Waals surface area contributed by atoms with Crippen LogP contribution in [0, 0.1) is 0 Å². The predicted molar refractivity (Wildman–Crippen MR) is 101 cm³/mol. The van der Waals surface area contributed by atoms with E-state index in [2.05, 4.69) is 5.32 Å². The highest BCUT2D eigenvalue weighted by molar-refractivity contribution is 7.14. The molecule has 1 aliphatic carbocycles. The number of carbonyl (C=O) groups excluding carboxylic acids is 3. The number of Topliss-reactive ketones (excluding diaryl/α,β-unsaturated/α-hetero) is 1. The molecule has 0 bridgehead atoms. The van der Waals surface area contributed by atoms with Gasteiger partial charge in [-0.05, 0) is 61.6 Å². The van der Waals surface area contributed by atoms with Gasteiger partial charge in [-0.1, -0.05) is 6.92 Å². The first-order valence-electron chi connectivity index (χ1n) is 8.78. The van der Waals surface area contributed by atoms with Crippen molar-refractivity contribution < 1.29 is 19.1 Å². The lowest BCUT2D eigenvalue weighted by Gasteiger charge is -2.08. The van der Waals surface area contributed by atoms with Crippen LogP contribution >= 0.6 is 11.3 Å². The van der Waals surface area contributed by atoms with E-state index in [4.69, 9.17) is 4.74 Å². The fourth-order valence-corrected chi connectivity index (χ4v) is 4.01. The van der Waals surface area contributed by atoms with E-state index >= 15 is 0 Å². The zero-order chi connectivity index (χ0) is 18.5. The number of amides is 1. The number of aryl methyl sites for hydroxylation is 2. The molecular formula is C20H21NO4S. The Labute approximate surface area is 156 Å². The Morgan fingerprint density at radius 3 is 2.54 bits per heavy atom. The summed E-state index contributed by atoms with van der Waals surface area (Å²) < 4.78 is 5.19. The molecule has 6 heteroatoms. The molecule has 0 unspecified atom stereocenters. The average Bonchev–Trinajstić information content (AvgIpc) is 3.10. The van der Waals surface area contributed by atoms with E-state index in [1.54, 1.807) is 31.2 Å². The number of fused-ring (bicyclic) bond motifs is 1. The lowest BCUT2D eigenvalue weighted by molar-refractivity contribution is -0.115. The van der Waals surface area contributed by atoms with E-state index in [-0.39, 0.29) is 18.3 Å². The maximum absolute atomic E-state index is 12.2. The molecule has 0 radical (unpaired) electrons. The number of ketones is 1. The standard InChI is InChI=1S/C20H21NO4S/c1-2-19(23)21-15-9-7-13(8-10-15)16(22)12-25-20(24)18-11-14-5-3-4-6-17(14)26-18/h7-11H,2-6,12H2,1H3,(H,21,23). The molecule has 3 rings (SSSR count). The molecule has 0 spiro atoms. The molecule has 0 saturated heterocycles. The van der Waals surface area contributed by atoms with Crippen LogP contribution in [-0.2, 0) is 22.4 Å². The number of rotatable bonds is 6. The number of esters is 1. The molecule has 1 aliphatic rings. The number of hydrogen-bond donors (Lipinski definition) is 1. The van der Waals surface area contributed by atoms with Gasteiger partial charge in [0, 0.05) is 22.5 Å². The van der Waals surface area contributed by atoms with Crippen molar-refractivity contribution >= 4 is 34.7 Å². The normalized spacial score (nSPS) is 13.0. The van der Waals surface area contributed by atoms with Gasteiger partial charge in [-0.25, -0.2) is 4.79 Å². The minimum atomic E-state index is -0.440. The van der Waals surface area contributed by atoms with Crippen LogP contribution < -0.4 is 5.32 Å². The summed E-state index contributed by atoms with van der Waals surface area (Å²) in [6.45, 7) is 1.48. The Kier molecular flexibility index (Phi) is 5.83. The van der Waals surface area contributed by atoms with Crippen LogP contribution in [0.15, 0.2) is 30.3 Å². The van der Waals surface area contributed by atoms with Crippen molar-refractivity contribution in [3.8, 4) is 0 Å². The van der Waals surface area contributed by atoms with Gasteiger partial charge in [-0.15, -0.1) is 11.3 Å². The van der Waals surface area contributed by atoms with Crippen LogP contribution in [0.3, 0.4) is 0 Å². The predicted octanol–water partition coefficient (Wildman–Crippen LogP) is 4.02. The van der Waals surface area contributed by atoms with Gasteiger partial charge in [0.2, 0.25) is 5.91 Å². The van der Waals surface area contributed by atoms with Crippen LogP contribution in [0.4, 0.5) is 5.69 Å². The first-order valence-corrected chi connectivity index (χ1v) is 9.60. The Bertz CT molecular complexity index is 799. The second-order valence-corrected chi connectivity index (χ2v) is 7.38. The SMILES string of the molecule is CCC(=O)Nc1ccc(C(=O)COC(=O)c2cc3c(s2)CCCC3)cc1. The minimum Gasteiger partial charge on any atom is -0.453 e. The minimum absolute atomic E-state index is 0.0864. The Morgan fingerprint density at radius 2 is 1.85 bits per heavy atom. The topological polar surface area (TPSA) is 72.5 Å². The summed E-state index contributed by atoms with van der Waals surface area (Å²) in [7, 11) is 0. The van der Waals surface area contributed by atoms with Crippen LogP contribution in [0.2, 0.25) is 0 Å². The van der Waals surface area contributed by atoms with E-state index in [9.17, 15) is 14.4 Å². The van der Waals surface area contributed by atoms with Gasteiger partial charge >= 0.3 is 5.97 Å². The van der Waals surface area contributed by atoms with E-state index in [1.165, 1.54) is 21.8 Å². The summed E-state index contributed by atoms with van der Waals surface area (Å²) in [5.74, 6) is -0.797. The maximum Gasteiger partial charge on any atom is 0.348 e. The highest BCUT2D eigenvalue weighted by atomic mass is 32.1. The van der Waals surface area contributed by atoms with Crippen molar-refractivity contribution in [3.63, 3.8) is 0 Å². The van der Waals surface area contributed by atoms with Gasteiger partial charge in [0.1, 0.15) is 4.88 Å². The van der Waals surface area contributed by atoms with Gasteiger partial charge in [0.15, 0.2) is 12.4 Å². The molecule has 2 aromatic rings. The number of benzene rings is 1. The Balaban J connectivity index is 1.55. The molecule has 1 heterocycles. The molecular weight excluding hydrogens is 350 g/mol. The molecule has 0 aliphatic heterocycles. The largest absolute Gasteiger partial charge is 0.453 e. The lowest BCUT2D eigenvalue weighted by Crippen LogP contribution is -2.14. The number of ether oxygens (including phenoxy) is 1. The molecule has 26 heavy (non-hydrogen) atoms. The quantitative estimate of drug-likeness (QED) is 0.615. The highest BCUT2D eigenvalue weighted by Crippen LogP contribution is 2.30. The van der Waals surface area contributed by atoms with Gasteiger partial charge in [0.25, 0.3) is 0 Å². The Morgan fingerprint density at radius 1 is 1.12 bits per heavy atom. The molecule has 1 aromatic heterocycles. The smallest absolute Gasteiger partial charge is 0.348 e. The van der Waals surface area contributed by atoms with Gasteiger partial charge < -0.3 is 10.1 Å². The summed E-state index contributed by atoms with van der Waals surface area (Å²) in [6, 6.07) is 8.46. The number of nitrogens with one attached hydrogen (secondary N) is 1. The maximum atomic E-state index is 12.2. The van der Waals surface area contributed by atoms with Crippen molar-refractivity contribution in [1.82, 2.24) is 0 Å². The fraction of sp³-hybridized carbons (Fsp3) is 0.350. The molecule has 136 valence electrons. The number of hydrogen-bond acceptors (Lipinski definition) is 5. The van der Waals surface area contributed by atoms with Crippen molar-refractivity contribution in [2.75, 3.05) is 11.9 Å².